The first-order chi connectivity index (χ1) is 8.46. The summed E-state index contributed by atoms with van der Waals surface area (Å²) in [6.07, 6.45) is 1.86. The Labute approximate surface area is 105 Å². The molecule has 0 spiro atoms. The van der Waals surface area contributed by atoms with E-state index in [-0.39, 0.29) is 12.2 Å². The summed E-state index contributed by atoms with van der Waals surface area (Å²) in [6.45, 7) is 3.71. The summed E-state index contributed by atoms with van der Waals surface area (Å²) in [4.78, 5) is 38.7. The third kappa shape index (κ3) is 5.52. The second-order valence-electron chi connectivity index (χ2n) is 3.94. The molecule has 0 aliphatic heterocycles. The van der Waals surface area contributed by atoms with Crippen LogP contribution in [0.15, 0.2) is 9.98 Å². The maximum Gasteiger partial charge on any atom is 0.552 e. The van der Waals surface area contributed by atoms with Crippen molar-refractivity contribution >= 4 is 31.2 Å². The fourth-order valence-corrected chi connectivity index (χ4v) is 1.22. The van der Waals surface area contributed by atoms with Gasteiger partial charge in [0.2, 0.25) is 6.08 Å². The number of carbonyl (C=O) groups is 2. The highest BCUT2D eigenvalue weighted by Gasteiger charge is 2.32. The molecule has 0 aromatic carbocycles. The zero-order chi connectivity index (χ0) is 14.1. The van der Waals surface area contributed by atoms with Crippen molar-refractivity contribution in [2.24, 2.45) is 15.9 Å². The number of hydrogen-bond donors (Lipinski definition) is 1. The second kappa shape index (κ2) is 8.33. The molecule has 7 nitrogen and oxygen atoms in total. The van der Waals surface area contributed by atoms with Crippen LogP contribution in [0.25, 0.3) is 0 Å². The van der Waals surface area contributed by atoms with Crippen LogP contribution < -0.4 is 0 Å². The number of rotatable bonds is 7. The van der Waals surface area contributed by atoms with Gasteiger partial charge in [0.15, 0.2) is 12.0 Å². The van der Waals surface area contributed by atoms with Gasteiger partial charge in [0.25, 0.3) is 0 Å². The Balaban J connectivity index is 4.69. The standard InChI is InChI=1S/C10H15BN2O5/c1-7(2)4-9(13-6-15)11(17)18-10(16)8(5-14)12-3/h5,7,9,17H,4H2,1-3H3/b12-8-. The summed E-state index contributed by atoms with van der Waals surface area (Å²) in [5.41, 5.74) is -0.451. The normalized spacial score (nSPS) is 12.6. The van der Waals surface area contributed by atoms with Crippen LogP contribution in [-0.2, 0) is 19.0 Å². The van der Waals surface area contributed by atoms with E-state index < -0.39 is 24.7 Å². The molecule has 98 valence electrons. The molecule has 0 saturated carbocycles. The van der Waals surface area contributed by atoms with Gasteiger partial charge in [0, 0.05) is 7.05 Å². The summed E-state index contributed by atoms with van der Waals surface area (Å²) >= 11 is 0. The first-order valence-corrected chi connectivity index (χ1v) is 5.34. The van der Waals surface area contributed by atoms with E-state index in [0.717, 1.165) is 0 Å². The average molecular weight is 254 g/mol. The van der Waals surface area contributed by atoms with Crippen LogP contribution in [0.4, 0.5) is 0 Å². The van der Waals surface area contributed by atoms with E-state index in [9.17, 15) is 19.4 Å². The Morgan fingerprint density at radius 1 is 1.56 bits per heavy atom. The maximum absolute atomic E-state index is 11.3. The first kappa shape index (κ1) is 16.2. The molecule has 0 fully saturated rings. The van der Waals surface area contributed by atoms with Gasteiger partial charge < -0.3 is 9.68 Å². The first-order valence-electron chi connectivity index (χ1n) is 5.34. The predicted octanol–water partition coefficient (Wildman–Crippen LogP) is -0.431. The highest BCUT2D eigenvalue weighted by atomic mass is 16.6. The van der Waals surface area contributed by atoms with Gasteiger partial charge in [-0.1, -0.05) is 13.8 Å². The monoisotopic (exact) mass is 254 g/mol. The molecule has 0 heterocycles. The lowest BCUT2D eigenvalue weighted by molar-refractivity contribution is -0.128. The van der Waals surface area contributed by atoms with Crippen LogP contribution in [0.3, 0.4) is 0 Å². The Kier molecular flexibility index (Phi) is 7.50. The quantitative estimate of drug-likeness (QED) is 0.218. The van der Waals surface area contributed by atoms with Gasteiger partial charge in [-0.05, 0) is 12.3 Å². The van der Waals surface area contributed by atoms with Gasteiger partial charge in [0.1, 0.15) is 5.94 Å². The Bertz CT molecular complexity index is 376. The van der Waals surface area contributed by atoms with Gasteiger partial charge in [-0.15, -0.1) is 0 Å². The van der Waals surface area contributed by atoms with Crippen molar-refractivity contribution < 1.29 is 24.1 Å². The molecule has 0 saturated heterocycles. The molecule has 0 aromatic rings. The van der Waals surface area contributed by atoms with E-state index in [0.29, 0.717) is 6.42 Å². The van der Waals surface area contributed by atoms with Gasteiger partial charge >= 0.3 is 13.1 Å². The summed E-state index contributed by atoms with van der Waals surface area (Å²) < 4.78 is 4.59. The molecule has 0 bridgehead atoms. The zero-order valence-electron chi connectivity index (χ0n) is 10.5. The van der Waals surface area contributed by atoms with Crippen LogP contribution in [-0.4, -0.2) is 49.2 Å². The van der Waals surface area contributed by atoms with Crippen molar-refractivity contribution in [3.05, 3.63) is 0 Å². The maximum atomic E-state index is 11.3. The molecule has 0 aliphatic carbocycles. The summed E-state index contributed by atoms with van der Waals surface area (Å²) in [6, 6.07) is 0. The Morgan fingerprint density at radius 2 is 2.17 bits per heavy atom. The third-order valence-electron chi connectivity index (χ3n) is 2.05. The Hall–Kier alpha value is -1.79. The highest BCUT2D eigenvalue weighted by Crippen LogP contribution is 2.10. The average Bonchev–Trinajstić information content (AvgIpc) is 2.29. The largest absolute Gasteiger partial charge is 0.552 e. The minimum absolute atomic E-state index is 0.130. The van der Waals surface area contributed by atoms with E-state index in [1.54, 1.807) is 0 Å². The van der Waals surface area contributed by atoms with E-state index >= 15 is 0 Å². The minimum Gasteiger partial charge on any atom is -0.503 e. The van der Waals surface area contributed by atoms with Gasteiger partial charge in [-0.2, -0.15) is 0 Å². The topological polar surface area (TPSA) is 105 Å². The number of aliphatic imine (C=N–C) groups is 2. The summed E-state index contributed by atoms with van der Waals surface area (Å²) in [5, 5.41) is 9.61. The summed E-state index contributed by atoms with van der Waals surface area (Å²) in [7, 11) is -0.370. The van der Waals surface area contributed by atoms with Crippen LogP contribution in [0.1, 0.15) is 20.3 Å². The van der Waals surface area contributed by atoms with Gasteiger partial charge in [-0.3, -0.25) is 9.79 Å². The number of nitrogens with zero attached hydrogens (tertiary/aromatic N) is 2. The van der Waals surface area contributed by atoms with Crippen molar-refractivity contribution in [3.63, 3.8) is 0 Å². The molecule has 1 atom stereocenters. The molecule has 1 N–H and O–H groups in total. The molecular formula is C10H15BN2O5. The fraction of sp³-hybridized carbons (Fsp3) is 0.600. The van der Waals surface area contributed by atoms with Crippen LogP contribution >= 0.6 is 0 Å². The third-order valence-corrected chi connectivity index (χ3v) is 2.05. The van der Waals surface area contributed by atoms with Crippen molar-refractivity contribution in [1.29, 1.82) is 0 Å². The smallest absolute Gasteiger partial charge is 0.503 e. The van der Waals surface area contributed by atoms with E-state index in [4.69, 9.17) is 0 Å². The molecule has 8 heteroatoms. The molecule has 18 heavy (non-hydrogen) atoms. The van der Waals surface area contributed by atoms with Crippen LogP contribution in [0.5, 0.6) is 0 Å². The van der Waals surface area contributed by atoms with Gasteiger partial charge in [-0.25, -0.2) is 14.6 Å². The predicted molar refractivity (Wildman–Crippen MR) is 64.9 cm³/mol. The fourth-order valence-electron chi connectivity index (χ4n) is 1.22. The molecule has 0 amide bonds. The van der Waals surface area contributed by atoms with Crippen molar-refractivity contribution in [3.8, 4) is 0 Å². The van der Waals surface area contributed by atoms with E-state index in [1.165, 1.54) is 13.1 Å². The van der Waals surface area contributed by atoms with Crippen LogP contribution in [0, 0.1) is 5.92 Å². The van der Waals surface area contributed by atoms with E-state index in [2.05, 4.69) is 14.6 Å². The van der Waals surface area contributed by atoms with Crippen molar-refractivity contribution in [2.75, 3.05) is 7.05 Å². The number of isocyanates is 1. The minimum atomic E-state index is -1.61. The number of aldehydes is 1. The Morgan fingerprint density at radius 3 is 2.56 bits per heavy atom. The zero-order valence-corrected chi connectivity index (χ0v) is 10.5. The molecule has 0 radical (unpaired) electrons. The molecule has 0 aliphatic rings. The van der Waals surface area contributed by atoms with E-state index in [1.807, 2.05) is 13.8 Å². The second-order valence-corrected chi connectivity index (χ2v) is 3.94. The molecular weight excluding hydrogens is 239 g/mol. The lowest BCUT2D eigenvalue weighted by atomic mass is 9.75. The number of hydrogen-bond acceptors (Lipinski definition) is 7. The summed E-state index contributed by atoms with van der Waals surface area (Å²) in [5.74, 6) is -1.84. The van der Waals surface area contributed by atoms with Crippen molar-refractivity contribution in [2.45, 2.75) is 26.2 Å². The van der Waals surface area contributed by atoms with Crippen molar-refractivity contribution in [1.82, 2.24) is 0 Å². The van der Waals surface area contributed by atoms with Gasteiger partial charge in [0.05, 0.1) is 0 Å². The lowest BCUT2D eigenvalue weighted by Crippen LogP contribution is -2.38. The number of carbonyl (C=O) groups excluding carboxylic acids is 3. The molecule has 0 rings (SSSR count). The SMILES string of the molecule is C/N=C(/C=O)C(=O)OB(O)C(CC(C)C)N=C=O. The van der Waals surface area contributed by atoms with Crippen LogP contribution in [0.2, 0.25) is 0 Å². The highest BCUT2D eigenvalue weighted by molar-refractivity contribution is 6.62. The molecule has 1 unspecified atom stereocenters. The molecule has 0 aromatic heterocycles. The lowest BCUT2D eigenvalue weighted by Gasteiger charge is -2.15.